The second kappa shape index (κ2) is 22.9. The highest BCUT2D eigenvalue weighted by atomic mass is 16.5. The lowest BCUT2D eigenvalue weighted by Crippen LogP contribution is -2.15. The molecule has 5 rings (SSSR count). The quantitative estimate of drug-likeness (QED) is 0.0888. The summed E-state index contributed by atoms with van der Waals surface area (Å²) in [6.45, 7) is 17.0. The van der Waals surface area contributed by atoms with Gasteiger partial charge in [-0.3, -0.25) is 0 Å². The molecule has 334 valence electrons. The third-order valence-electron chi connectivity index (χ3n) is 12.2. The Bertz CT molecular complexity index is 2020. The van der Waals surface area contributed by atoms with Crippen LogP contribution in [0.5, 0.6) is 46.0 Å². The number of phenolic OH excluding ortho intramolecular Hbond substituents is 1. The molecule has 4 aromatic carbocycles. The Morgan fingerprint density at radius 2 is 0.574 bits per heavy atom. The molecular formula is C53H74O8. The average Bonchev–Trinajstić information content (AvgIpc) is 3.28. The topological polar surface area (TPSA) is 84.8 Å². The van der Waals surface area contributed by atoms with E-state index in [4.69, 9.17) is 33.2 Å². The van der Waals surface area contributed by atoms with E-state index in [0.717, 1.165) is 150 Å². The van der Waals surface area contributed by atoms with Crippen LogP contribution in [-0.4, -0.2) is 53.4 Å². The largest absolute Gasteiger partial charge is 0.508 e. The van der Waals surface area contributed by atoms with Crippen LogP contribution in [0.1, 0.15) is 187 Å². The zero-order chi connectivity index (χ0) is 44.1. The number of benzene rings is 4. The van der Waals surface area contributed by atoms with Crippen molar-refractivity contribution in [2.45, 2.75) is 143 Å². The fraction of sp³-hybridized carbons (Fsp3) is 0.547. The molecule has 61 heavy (non-hydrogen) atoms. The predicted octanol–water partition coefficient (Wildman–Crippen LogP) is 13.8. The molecule has 0 amide bonds. The minimum atomic E-state index is -0.195. The van der Waals surface area contributed by atoms with Crippen LogP contribution in [0.25, 0.3) is 0 Å². The lowest BCUT2D eigenvalue weighted by atomic mass is 9.76. The lowest BCUT2D eigenvalue weighted by Gasteiger charge is -2.31. The first-order valence-electron chi connectivity index (χ1n) is 23.2. The van der Waals surface area contributed by atoms with E-state index >= 15 is 0 Å². The number of phenols is 1. The van der Waals surface area contributed by atoms with E-state index in [0.29, 0.717) is 25.6 Å². The predicted molar refractivity (Wildman–Crippen MR) is 248 cm³/mol. The lowest BCUT2D eigenvalue weighted by molar-refractivity contribution is 0.303. The summed E-state index contributed by atoms with van der Waals surface area (Å²) in [5.41, 5.74) is 8.30. The summed E-state index contributed by atoms with van der Waals surface area (Å²) in [5, 5.41) is 12.1. The Kier molecular flexibility index (Phi) is 17.8. The summed E-state index contributed by atoms with van der Waals surface area (Å²) in [4.78, 5) is 0. The van der Waals surface area contributed by atoms with Crippen LogP contribution in [0.2, 0.25) is 0 Å². The van der Waals surface area contributed by atoms with Gasteiger partial charge in [-0.2, -0.15) is 0 Å². The third-order valence-corrected chi connectivity index (χ3v) is 12.2. The van der Waals surface area contributed by atoms with Gasteiger partial charge in [-0.05, 0) is 69.2 Å². The average molecular weight is 839 g/mol. The van der Waals surface area contributed by atoms with Crippen LogP contribution in [0, 0.1) is 0 Å². The molecule has 0 aliphatic heterocycles. The van der Waals surface area contributed by atoms with E-state index < -0.39 is 0 Å². The molecule has 0 fully saturated rings. The Labute approximate surface area is 367 Å². The SMILES string of the molecule is CCCOc1cc(OC)c2cc1[C@H](CCC)c1cc(c(OC)cc1OCCC)[C@H](CCC)c1cc(c(OC)cc1O)[C@@H](CCC)c1cc(c(OCCC)cc1OC)[C@H]2CCC. The first-order valence-corrected chi connectivity index (χ1v) is 23.2. The van der Waals surface area contributed by atoms with Crippen LogP contribution in [0.15, 0.2) is 48.5 Å². The van der Waals surface area contributed by atoms with Gasteiger partial charge < -0.3 is 38.3 Å². The summed E-state index contributed by atoms with van der Waals surface area (Å²) < 4.78 is 45.2. The number of hydrogen-bond donors (Lipinski definition) is 1. The van der Waals surface area contributed by atoms with Crippen molar-refractivity contribution in [3.8, 4) is 46.0 Å². The monoisotopic (exact) mass is 839 g/mol. The summed E-state index contributed by atoms with van der Waals surface area (Å²) in [6.07, 6.45) is 9.61. The molecule has 0 spiro atoms. The summed E-state index contributed by atoms with van der Waals surface area (Å²) in [6, 6.07) is 17.3. The number of ether oxygens (including phenoxy) is 7. The second-order valence-corrected chi connectivity index (χ2v) is 16.5. The molecule has 4 atom stereocenters. The summed E-state index contributed by atoms with van der Waals surface area (Å²) in [5.74, 6) is 5.08. The molecule has 1 aliphatic rings. The van der Waals surface area contributed by atoms with Gasteiger partial charge >= 0.3 is 0 Å². The maximum absolute atomic E-state index is 12.1. The molecule has 0 aromatic heterocycles. The van der Waals surface area contributed by atoms with Crippen LogP contribution in [-0.2, 0) is 0 Å². The second-order valence-electron chi connectivity index (χ2n) is 16.5. The molecule has 0 unspecified atom stereocenters. The maximum Gasteiger partial charge on any atom is 0.126 e. The normalized spacial score (nSPS) is 17.1. The summed E-state index contributed by atoms with van der Waals surface area (Å²) in [7, 11) is 6.93. The van der Waals surface area contributed by atoms with Crippen LogP contribution >= 0.6 is 0 Å². The van der Waals surface area contributed by atoms with Crippen LogP contribution in [0.3, 0.4) is 0 Å². The molecule has 0 saturated heterocycles. The van der Waals surface area contributed by atoms with Crippen molar-refractivity contribution in [3.05, 3.63) is 93.0 Å². The number of fused-ring (bicyclic) bond motifs is 8. The van der Waals surface area contributed by atoms with Crippen molar-refractivity contribution in [3.63, 3.8) is 0 Å². The minimum absolute atomic E-state index is 0.0821. The van der Waals surface area contributed by atoms with E-state index in [1.165, 1.54) is 0 Å². The van der Waals surface area contributed by atoms with Gasteiger partial charge in [-0.15, -0.1) is 0 Å². The van der Waals surface area contributed by atoms with Gasteiger partial charge in [0, 0.05) is 92.4 Å². The van der Waals surface area contributed by atoms with E-state index in [9.17, 15) is 5.11 Å². The highest BCUT2D eigenvalue weighted by Crippen LogP contribution is 2.53. The maximum atomic E-state index is 12.1. The molecule has 4 aromatic rings. The highest BCUT2D eigenvalue weighted by molar-refractivity contribution is 5.63. The highest BCUT2D eigenvalue weighted by Gasteiger charge is 2.34. The molecule has 1 N–H and O–H groups in total. The van der Waals surface area contributed by atoms with Gasteiger partial charge in [-0.25, -0.2) is 0 Å². The van der Waals surface area contributed by atoms with Gasteiger partial charge in [0.25, 0.3) is 0 Å². The van der Waals surface area contributed by atoms with Crippen LogP contribution in [0.4, 0.5) is 0 Å². The van der Waals surface area contributed by atoms with E-state index in [2.05, 4.69) is 90.9 Å². The number of aromatic hydroxyl groups is 1. The van der Waals surface area contributed by atoms with Crippen molar-refractivity contribution < 1.29 is 38.3 Å². The fourth-order valence-electron chi connectivity index (χ4n) is 9.36. The fourth-order valence-corrected chi connectivity index (χ4v) is 9.36. The summed E-state index contributed by atoms with van der Waals surface area (Å²) >= 11 is 0. The first-order chi connectivity index (χ1) is 29.7. The molecule has 0 radical (unpaired) electrons. The minimum Gasteiger partial charge on any atom is -0.508 e. The van der Waals surface area contributed by atoms with Crippen molar-refractivity contribution in [1.29, 1.82) is 0 Å². The zero-order valence-electron chi connectivity index (χ0n) is 39.1. The number of hydrogen-bond acceptors (Lipinski definition) is 8. The Morgan fingerprint density at radius 3 is 0.836 bits per heavy atom. The number of rotatable bonds is 21. The van der Waals surface area contributed by atoms with Gasteiger partial charge in [0.1, 0.15) is 46.0 Å². The Hall–Kier alpha value is -4.72. The standard InChI is InChI=1S/C53H74O8/c1-12-19-34-38-26-39(47(55-8)30-46(38)54)35(20-13-2)41-28-43(51(59-23-16-5)32-49(41)57-10)36(21-14-3)42-29-45(53(61-25-18-7)33-50(42)58-11)37(22-15-4)44-27-40(34)48(56-9)31-52(44)60-24-17-6/h26-37,54H,12-25H2,1-11H3/t34-,35-,36+,37-/m1/s1. The Morgan fingerprint density at radius 1 is 0.328 bits per heavy atom. The van der Waals surface area contributed by atoms with E-state index in [-0.39, 0.29) is 29.4 Å². The van der Waals surface area contributed by atoms with Crippen LogP contribution < -0.4 is 33.2 Å². The van der Waals surface area contributed by atoms with E-state index in [1.54, 1.807) is 28.4 Å². The molecule has 8 heteroatoms. The molecule has 8 bridgehead atoms. The molecule has 0 saturated carbocycles. The zero-order valence-corrected chi connectivity index (χ0v) is 39.1. The van der Waals surface area contributed by atoms with Gasteiger partial charge in [-0.1, -0.05) is 74.1 Å². The van der Waals surface area contributed by atoms with Gasteiger partial charge in [0.05, 0.1) is 48.3 Å². The first kappa shape index (κ1) is 47.3. The van der Waals surface area contributed by atoms with Crippen molar-refractivity contribution >= 4 is 0 Å². The smallest absolute Gasteiger partial charge is 0.126 e. The van der Waals surface area contributed by atoms with Gasteiger partial charge in [0.15, 0.2) is 0 Å². The van der Waals surface area contributed by atoms with Crippen molar-refractivity contribution in [2.75, 3.05) is 48.3 Å². The molecule has 0 heterocycles. The third kappa shape index (κ3) is 10.3. The molecule has 1 aliphatic carbocycles. The van der Waals surface area contributed by atoms with Gasteiger partial charge in [0.2, 0.25) is 0 Å². The molecule has 8 nitrogen and oxygen atoms in total. The van der Waals surface area contributed by atoms with Crippen molar-refractivity contribution in [1.82, 2.24) is 0 Å². The molecular weight excluding hydrogens is 765 g/mol. The van der Waals surface area contributed by atoms with Crippen molar-refractivity contribution in [2.24, 2.45) is 0 Å². The van der Waals surface area contributed by atoms with E-state index in [1.807, 2.05) is 6.07 Å². The number of methoxy groups -OCH3 is 4. The Balaban J connectivity index is 2.07.